The number of hydrogen-bond donors (Lipinski definition) is 1. The van der Waals surface area contributed by atoms with E-state index < -0.39 is 15.4 Å². The summed E-state index contributed by atoms with van der Waals surface area (Å²) >= 11 is 1.52. The van der Waals surface area contributed by atoms with Crippen LogP contribution < -0.4 is 4.72 Å². The van der Waals surface area contributed by atoms with E-state index in [4.69, 9.17) is 4.52 Å². The highest BCUT2D eigenvalue weighted by Crippen LogP contribution is 2.64. The van der Waals surface area contributed by atoms with Gasteiger partial charge in [0.25, 0.3) is 0 Å². The third-order valence-corrected chi connectivity index (χ3v) is 9.68. The summed E-state index contributed by atoms with van der Waals surface area (Å²) in [5, 5.41) is 5.97. The van der Waals surface area contributed by atoms with Gasteiger partial charge in [-0.15, -0.1) is 11.3 Å². The number of nitrogens with one attached hydrogen (secondary N) is 1. The molecule has 0 aliphatic heterocycles. The third kappa shape index (κ3) is 3.47. The summed E-state index contributed by atoms with van der Waals surface area (Å²) in [6.07, 6.45) is 2.34. The zero-order chi connectivity index (χ0) is 22.6. The maximum absolute atomic E-state index is 13.2. The molecule has 2 atom stereocenters. The minimum Gasteiger partial charge on any atom is -0.339 e. The topological polar surface area (TPSA) is 102 Å². The summed E-state index contributed by atoms with van der Waals surface area (Å²) in [5.41, 5.74) is 0.0923. The van der Waals surface area contributed by atoms with Crippen LogP contribution in [0, 0.1) is 16.7 Å². The highest BCUT2D eigenvalue weighted by molar-refractivity contribution is 7.92. The predicted molar refractivity (Wildman–Crippen MR) is 123 cm³/mol. The largest absolute Gasteiger partial charge is 0.339 e. The first kappa shape index (κ1) is 21.3. The Kier molecular flexibility index (Phi) is 5.01. The summed E-state index contributed by atoms with van der Waals surface area (Å²) in [4.78, 5) is 18.1. The fraction of sp³-hybridized carbons (Fsp3) is 0.435. The average molecular weight is 472 g/mol. The number of carbonyl (C=O) groups is 1. The molecule has 2 unspecified atom stereocenters. The Bertz CT molecular complexity index is 1260. The fourth-order valence-corrected chi connectivity index (χ4v) is 7.99. The predicted octanol–water partition coefficient (Wildman–Crippen LogP) is 4.53. The molecule has 3 aromatic rings. The molecule has 0 amide bonds. The first-order chi connectivity index (χ1) is 15.2. The second-order valence-corrected chi connectivity index (χ2v) is 12.0. The fourth-order valence-electron chi connectivity index (χ4n) is 5.41. The van der Waals surface area contributed by atoms with Crippen molar-refractivity contribution in [3.05, 3.63) is 53.2 Å². The second kappa shape index (κ2) is 7.52. The van der Waals surface area contributed by atoms with Gasteiger partial charge in [-0.2, -0.15) is 4.98 Å². The Morgan fingerprint density at radius 1 is 1.22 bits per heavy atom. The van der Waals surface area contributed by atoms with Crippen molar-refractivity contribution in [3.63, 3.8) is 0 Å². The van der Waals surface area contributed by atoms with Gasteiger partial charge in [0, 0.05) is 6.42 Å². The molecule has 2 bridgehead atoms. The number of para-hydroxylation sites is 1. The lowest BCUT2D eigenvalue weighted by Gasteiger charge is -2.36. The molecule has 2 aliphatic rings. The SMILES string of the molecule is CC1(C)C2CCC1(CS(=O)(=O)Nc1ccccc1Cc1nc(-c3cccs3)no1)C(=O)C2. The van der Waals surface area contributed by atoms with Crippen LogP contribution in [-0.4, -0.2) is 30.1 Å². The number of fused-ring (bicyclic) bond motifs is 2. The molecule has 0 spiro atoms. The number of anilines is 1. The Balaban J connectivity index is 1.37. The first-order valence-electron chi connectivity index (χ1n) is 10.7. The van der Waals surface area contributed by atoms with Gasteiger partial charge in [0.1, 0.15) is 5.78 Å². The summed E-state index contributed by atoms with van der Waals surface area (Å²) < 4.78 is 34.6. The maximum Gasteiger partial charge on any atom is 0.233 e. The molecule has 2 saturated carbocycles. The van der Waals surface area contributed by atoms with E-state index in [0.717, 1.165) is 16.9 Å². The van der Waals surface area contributed by atoms with E-state index in [1.165, 1.54) is 11.3 Å². The van der Waals surface area contributed by atoms with Crippen molar-refractivity contribution in [2.45, 2.75) is 39.5 Å². The van der Waals surface area contributed by atoms with Crippen LogP contribution >= 0.6 is 11.3 Å². The summed E-state index contributed by atoms with van der Waals surface area (Å²) in [5.74, 6) is 1.10. The van der Waals surface area contributed by atoms with E-state index in [9.17, 15) is 13.2 Å². The summed E-state index contributed by atoms with van der Waals surface area (Å²) in [6, 6.07) is 11.0. The molecule has 7 nitrogen and oxygen atoms in total. The van der Waals surface area contributed by atoms with E-state index in [1.807, 2.05) is 43.5 Å². The monoisotopic (exact) mass is 471 g/mol. The molecule has 0 saturated heterocycles. The van der Waals surface area contributed by atoms with E-state index in [0.29, 0.717) is 36.7 Å². The molecule has 2 aliphatic carbocycles. The number of hydrogen-bond acceptors (Lipinski definition) is 7. The molecule has 168 valence electrons. The van der Waals surface area contributed by atoms with Gasteiger partial charge in [-0.1, -0.05) is 43.3 Å². The molecule has 2 fully saturated rings. The molecule has 1 aromatic carbocycles. The number of carbonyl (C=O) groups excluding carboxylic acids is 1. The van der Waals surface area contributed by atoms with Crippen molar-refractivity contribution in [1.82, 2.24) is 10.1 Å². The lowest BCUT2D eigenvalue weighted by molar-refractivity contribution is -0.128. The number of Topliss-reactive ketones (excluding diaryl/α,β-unsaturated/α-hetero) is 1. The minimum absolute atomic E-state index is 0.0874. The second-order valence-electron chi connectivity index (χ2n) is 9.35. The Morgan fingerprint density at radius 2 is 2.03 bits per heavy atom. The van der Waals surface area contributed by atoms with Crippen LogP contribution in [0.25, 0.3) is 10.7 Å². The van der Waals surface area contributed by atoms with Crippen LogP contribution in [0.5, 0.6) is 0 Å². The summed E-state index contributed by atoms with van der Waals surface area (Å²) in [7, 11) is -3.75. The molecule has 9 heteroatoms. The van der Waals surface area contributed by atoms with Crippen LogP contribution in [0.15, 0.2) is 46.3 Å². The molecular weight excluding hydrogens is 446 g/mol. The molecule has 1 N–H and O–H groups in total. The van der Waals surface area contributed by atoms with Gasteiger partial charge in [-0.25, -0.2) is 8.42 Å². The van der Waals surface area contributed by atoms with Gasteiger partial charge in [-0.05, 0) is 47.3 Å². The summed E-state index contributed by atoms with van der Waals surface area (Å²) in [6.45, 7) is 4.08. The van der Waals surface area contributed by atoms with Crippen LogP contribution in [0.2, 0.25) is 0 Å². The number of benzene rings is 1. The average Bonchev–Trinajstić information content (AvgIpc) is 3.48. The lowest BCUT2D eigenvalue weighted by atomic mass is 9.70. The third-order valence-electron chi connectivity index (χ3n) is 7.41. The molecular formula is C23H25N3O4S2. The number of ketones is 1. The number of thiophene rings is 1. The molecule has 0 radical (unpaired) electrons. The van der Waals surface area contributed by atoms with Crippen LogP contribution in [0.3, 0.4) is 0 Å². The quantitative estimate of drug-likeness (QED) is 0.543. The number of rotatable bonds is 7. The van der Waals surface area contributed by atoms with Gasteiger partial charge >= 0.3 is 0 Å². The zero-order valence-electron chi connectivity index (χ0n) is 18.0. The standard InChI is InChI=1S/C23H25N3O4S2/c1-22(2)16-9-10-23(22,19(27)13-16)14-32(28,29)26-17-7-4-3-6-15(17)12-20-24-21(25-30-20)18-8-5-11-31-18/h3-8,11,16,26H,9-10,12-14H2,1-2H3. The van der Waals surface area contributed by atoms with E-state index in [2.05, 4.69) is 14.9 Å². The molecule has 32 heavy (non-hydrogen) atoms. The van der Waals surface area contributed by atoms with Crippen molar-refractivity contribution in [2.75, 3.05) is 10.5 Å². The smallest absolute Gasteiger partial charge is 0.233 e. The van der Waals surface area contributed by atoms with Crippen molar-refractivity contribution in [2.24, 2.45) is 16.7 Å². The Hall–Kier alpha value is -2.52. The maximum atomic E-state index is 13.2. The van der Waals surface area contributed by atoms with E-state index >= 15 is 0 Å². The molecule has 5 rings (SSSR count). The normalized spacial score (nSPS) is 24.2. The lowest BCUT2D eigenvalue weighted by Crippen LogP contribution is -2.43. The van der Waals surface area contributed by atoms with Gasteiger partial charge in [0.05, 0.1) is 28.2 Å². The number of aromatic nitrogens is 2. The zero-order valence-corrected chi connectivity index (χ0v) is 19.6. The van der Waals surface area contributed by atoms with Crippen molar-refractivity contribution < 1.29 is 17.7 Å². The Labute approximate surface area is 191 Å². The van der Waals surface area contributed by atoms with E-state index in [1.54, 1.807) is 12.1 Å². The molecule has 2 aromatic heterocycles. The van der Waals surface area contributed by atoms with E-state index in [-0.39, 0.29) is 22.9 Å². The highest BCUT2D eigenvalue weighted by Gasteiger charge is 2.65. The van der Waals surface area contributed by atoms with Crippen LogP contribution in [0.4, 0.5) is 5.69 Å². The van der Waals surface area contributed by atoms with Crippen molar-refractivity contribution in [1.29, 1.82) is 0 Å². The van der Waals surface area contributed by atoms with Gasteiger partial charge < -0.3 is 4.52 Å². The van der Waals surface area contributed by atoms with Gasteiger partial charge in [0.2, 0.25) is 21.7 Å². The van der Waals surface area contributed by atoms with Gasteiger partial charge in [-0.3, -0.25) is 9.52 Å². The number of nitrogens with zero attached hydrogens (tertiary/aromatic N) is 2. The Morgan fingerprint density at radius 3 is 2.72 bits per heavy atom. The van der Waals surface area contributed by atoms with Gasteiger partial charge in [0.15, 0.2) is 0 Å². The number of sulfonamides is 1. The first-order valence-corrected chi connectivity index (χ1v) is 13.2. The van der Waals surface area contributed by atoms with Crippen LogP contribution in [0.1, 0.15) is 44.6 Å². The highest BCUT2D eigenvalue weighted by atomic mass is 32.2. The van der Waals surface area contributed by atoms with Crippen LogP contribution in [-0.2, 0) is 21.2 Å². The van der Waals surface area contributed by atoms with Crippen molar-refractivity contribution in [3.8, 4) is 10.7 Å². The van der Waals surface area contributed by atoms with Crippen molar-refractivity contribution >= 4 is 32.8 Å². The molecule has 2 heterocycles. The minimum atomic E-state index is -3.75.